The molecule has 0 fully saturated rings. The van der Waals surface area contributed by atoms with Gasteiger partial charge in [-0.3, -0.25) is 4.79 Å². The summed E-state index contributed by atoms with van der Waals surface area (Å²) in [6, 6.07) is -0.645. The van der Waals surface area contributed by atoms with Crippen molar-refractivity contribution >= 4 is 5.91 Å². The van der Waals surface area contributed by atoms with E-state index in [2.05, 4.69) is 55.6 Å². The van der Waals surface area contributed by atoms with Gasteiger partial charge in [-0.25, -0.2) is 0 Å². The molecule has 2 unspecified atom stereocenters. The van der Waals surface area contributed by atoms with Crippen molar-refractivity contribution < 1.29 is 15.0 Å². The third kappa shape index (κ3) is 45.3. The summed E-state index contributed by atoms with van der Waals surface area (Å²) in [6.45, 7) is 4.30. The van der Waals surface area contributed by atoms with Crippen LogP contribution in [0.3, 0.4) is 0 Å². The van der Waals surface area contributed by atoms with E-state index in [-0.39, 0.29) is 12.5 Å². The topological polar surface area (TPSA) is 69.6 Å². The Morgan fingerprint density at radius 3 is 1.02 bits per heavy atom. The molecule has 0 heterocycles. The zero-order valence-corrected chi connectivity index (χ0v) is 38.4. The number of aliphatic hydroxyl groups excluding tert-OH is 2. The maximum Gasteiger partial charge on any atom is 0.220 e. The van der Waals surface area contributed by atoms with Crippen molar-refractivity contribution in [3.8, 4) is 0 Å². The Labute approximate surface area is 356 Å². The van der Waals surface area contributed by atoms with Crippen LogP contribution in [0.2, 0.25) is 0 Å². The first-order valence-corrected chi connectivity index (χ1v) is 25.4. The number of rotatable bonds is 46. The van der Waals surface area contributed by atoms with E-state index < -0.39 is 12.1 Å². The van der Waals surface area contributed by atoms with Crippen LogP contribution in [0.15, 0.2) is 48.6 Å². The van der Waals surface area contributed by atoms with E-state index in [9.17, 15) is 15.0 Å². The van der Waals surface area contributed by atoms with Gasteiger partial charge in [0.15, 0.2) is 0 Å². The van der Waals surface area contributed by atoms with Crippen molar-refractivity contribution in [2.24, 2.45) is 0 Å². The highest BCUT2D eigenvalue weighted by Gasteiger charge is 2.17. The molecule has 0 spiro atoms. The molecular formula is C53H99NO3. The summed E-state index contributed by atoms with van der Waals surface area (Å²) in [5, 5.41) is 23.0. The van der Waals surface area contributed by atoms with Gasteiger partial charge in [0.1, 0.15) is 0 Å². The lowest BCUT2D eigenvalue weighted by molar-refractivity contribution is -0.123. The summed E-state index contributed by atoms with van der Waals surface area (Å²) >= 11 is 0. The Morgan fingerprint density at radius 2 is 0.684 bits per heavy atom. The summed E-state index contributed by atoms with van der Waals surface area (Å²) in [7, 11) is 0. The maximum atomic E-state index is 12.4. The van der Waals surface area contributed by atoms with E-state index in [1.807, 2.05) is 6.08 Å². The molecule has 0 aromatic heterocycles. The summed E-state index contributed by atoms with van der Waals surface area (Å²) < 4.78 is 0. The van der Waals surface area contributed by atoms with Crippen molar-refractivity contribution in [1.82, 2.24) is 5.32 Å². The number of amides is 1. The molecule has 3 N–H and O–H groups in total. The monoisotopic (exact) mass is 798 g/mol. The normalized spacial score (nSPS) is 13.3. The number of unbranched alkanes of at least 4 members (excludes halogenated alkanes) is 33. The summed E-state index contributed by atoms with van der Waals surface area (Å²) in [5.41, 5.74) is 0. The first kappa shape index (κ1) is 55.4. The minimum absolute atomic E-state index is 0.0769. The Hall–Kier alpha value is -1.65. The van der Waals surface area contributed by atoms with E-state index in [1.54, 1.807) is 6.08 Å². The Balaban J connectivity index is 3.52. The maximum absolute atomic E-state index is 12.4. The first-order chi connectivity index (χ1) is 28.2. The van der Waals surface area contributed by atoms with Crippen molar-refractivity contribution in [3.05, 3.63) is 48.6 Å². The molecule has 0 aliphatic rings. The van der Waals surface area contributed by atoms with Gasteiger partial charge in [0.25, 0.3) is 0 Å². The minimum Gasteiger partial charge on any atom is -0.394 e. The fraction of sp³-hybridized carbons (Fsp3) is 0.830. The molecule has 334 valence electrons. The molecule has 0 radical (unpaired) electrons. The number of allylic oxidation sites excluding steroid dienone is 7. The highest BCUT2D eigenvalue weighted by Crippen LogP contribution is 2.15. The quantitative estimate of drug-likeness (QED) is 0.0424. The molecule has 57 heavy (non-hydrogen) atoms. The summed E-state index contributed by atoms with van der Waals surface area (Å²) in [5.74, 6) is -0.0769. The predicted octanol–water partition coefficient (Wildman–Crippen LogP) is 16.3. The Morgan fingerprint density at radius 1 is 0.404 bits per heavy atom. The van der Waals surface area contributed by atoms with Crippen LogP contribution in [0.1, 0.15) is 264 Å². The predicted molar refractivity (Wildman–Crippen MR) is 253 cm³/mol. The van der Waals surface area contributed by atoms with Crippen LogP contribution in [0.4, 0.5) is 0 Å². The second-order valence-electron chi connectivity index (χ2n) is 17.2. The molecule has 0 aromatic rings. The molecule has 0 rings (SSSR count). The van der Waals surface area contributed by atoms with Crippen molar-refractivity contribution in [2.75, 3.05) is 6.61 Å². The van der Waals surface area contributed by atoms with Crippen LogP contribution in [-0.4, -0.2) is 34.9 Å². The Bertz CT molecular complexity index is 908. The highest BCUT2D eigenvalue weighted by atomic mass is 16.3. The van der Waals surface area contributed by atoms with Crippen LogP contribution >= 0.6 is 0 Å². The number of carbonyl (C=O) groups excluding carboxylic acids is 1. The zero-order valence-electron chi connectivity index (χ0n) is 38.4. The van der Waals surface area contributed by atoms with Gasteiger partial charge in [-0.05, 0) is 70.6 Å². The second-order valence-corrected chi connectivity index (χ2v) is 17.2. The lowest BCUT2D eigenvalue weighted by atomic mass is 10.0. The van der Waals surface area contributed by atoms with Gasteiger partial charge in [-0.2, -0.15) is 0 Å². The fourth-order valence-electron chi connectivity index (χ4n) is 7.62. The molecular weight excluding hydrogens is 699 g/mol. The molecule has 1 amide bonds. The van der Waals surface area contributed by atoms with E-state index in [0.717, 1.165) is 38.5 Å². The molecule has 0 bridgehead atoms. The van der Waals surface area contributed by atoms with Gasteiger partial charge in [-0.15, -0.1) is 0 Å². The molecule has 4 nitrogen and oxygen atoms in total. The third-order valence-corrected chi connectivity index (χ3v) is 11.5. The first-order valence-electron chi connectivity index (χ1n) is 25.4. The van der Waals surface area contributed by atoms with Gasteiger partial charge < -0.3 is 15.5 Å². The average molecular weight is 798 g/mol. The minimum atomic E-state index is -0.870. The van der Waals surface area contributed by atoms with Crippen LogP contribution in [0.25, 0.3) is 0 Å². The molecule has 2 atom stereocenters. The lowest BCUT2D eigenvalue weighted by Crippen LogP contribution is -2.45. The lowest BCUT2D eigenvalue weighted by Gasteiger charge is -2.19. The fourth-order valence-corrected chi connectivity index (χ4v) is 7.62. The van der Waals surface area contributed by atoms with Crippen LogP contribution in [-0.2, 0) is 4.79 Å². The van der Waals surface area contributed by atoms with E-state index in [4.69, 9.17) is 0 Å². The van der Waals surface area contributed by atoms with Crippen LogP contribution in [0, 0.1) is 0 Å². The highest BCUT2D eigenvalue weighted by molar-refractivity contribution is 5.76. The van der Waals surface area contributed by atoms with E-state index in [1.165, 1.54) is 205 Å². The largest absolute Gasteiger partial charge is 0.394 e. The number of hydrogen-bond acceptors (Lipinski definition) is 3. The number of aliphatic hydroxyl groups is 2. The number of carbonyl (C=O) groups is 1. The SMILES string of the molecule is CCCCCCCC/C=C/CC/C=C/CC/C=C/C(O)C(CO)NC(=O)CCCCCCCCCCCCCCC/C=C\CCCCCCCCCCCCCC. The number of nitrogens with one attached hydrogen (secondary N) is 1. The smallest absolute Gasteiger partial charge is 0.220 e. The van der Waals surface area contributed by atoms with Gasteiger partial charge in [0.05, 0.1) is 18.8 Å². The van der Waals surface area contributed by atoms with Gasteiger partial charge in [0, 0.05) is 6.42 Å². The van der Waals surface area contributed by atoms with Gasteiger partial charge in [-0.1, -0.05) is 236 Å². The van der Waals surface area contributed by atoms with Gasteiger partial charge in [0.2, 0.25) is 5.91 Å². The molecule has 0 aliphatic carbocycles. The van der Waals surface area contributed by atoms with Crippen molar-refractivity contribution in [3.63, 3.8) is 0 Å². The number of hydrogen-bond donors (Lipinski definition) is 3. The second kappa shape index (κ2) is 48.7. The molecule has 0 saturated carbocycles. The van der Waals surface area contributed by atoms with Crippen molar-refractivity contribution in [1.29, 1.82) is 0 Å². The standard InChI is InChI=1S/C53H99NO3/c1-3-5-7-9-11-13-15-17-19-21-22-23-24-25-26-27-28-29-30-31-32-33-35-37-39-41-43-45-47-49-53(57)54-51(50-55)52(56)48-46-44-42-40-38-36-34-20-18-16-14-12-10-8-6-4-2/h18,20,25-26,38,40,46,48,51-52,55-56H,3-17,19,21-24,27-37,39,41-45,47,49-50H2,1-2H3,(H,54,57)/b20-18+,26-25-,40-38+,48-46+. The molecule has 0 aromatic carbocycles. The van der Waals surface area contributed by atoms with Crippen LogP contribution in [0.5, 0.6) is 0 Å². The average Bonchev–Trinajstić information content (AvgIpc) is 3.22. The molecule has 0 saturated heterocycles. The van der Waals surface area contributed by atoms with E-state index >= 15 is 0 Å². The molecule has 4 heteroatoms. The molecule has 0 aliphatic heterocycles. The summed E-state index contributed by atoms with van der Waals surface area (Å²) in [6.07, 6.45) is 66.8. The summed E-state index contributed by atoms with van der Waals surface area (Å²) in [4.78, 5) is 12.4. The van der Waals surface area contributed by atoms with E-state index in [0.29, 0.717) is 6.42 Å². The van der Waals surface area contributed by atoms with Crippen LogP contribution < -0.4 is 5.32 Å². The third-order valence-electron chi connectivity index (χ3n) is 11.5. The van der Waals surface area contributed by atoms with Crippen molar-refractivity contribution in [2.45, 2.75) is 276 Å². The Kier molecular flexibility index (Phi) is 47.3. The van der Waals surface area contributed by atoms with Gasteiger partial charge >= 0.3 is 0 Å². The zero-order chi connectivity index (χ0) is 41.4.